The van der Waals surface area contributed by atoms with E-state index >= 15 is 0 Å². The molecule has 2 amide bonds. The van der Waals surface area contributed by atoms with E-state index in [9.17, 15) is 14.4 Å². The largest absolute Gasteiger partial charge is 0.493 e. The van der Waals surface area contributed by atoms with Gasteiger partial charge in [-0.1, -0.05) is 59.1 Å². The Balaban J connectivity index is 1.54. The Labute approximate surface area is 220 Å². The monoisotopic (exact) mass is 547 g/mol. The summed E-state index contributed by atoms with van der Waals surface area (Å²) in [5.74, 6) is -0.664. The summed E-state index contributed by atoms with van der Waals surface area (Å²) in [7, 11) is 1.42. The van der Waals surface area contributed by atoms with Gasteiger partial charge in [0, 0.05) is 15.6 Å². The molecule has 0 radical (unpaired) electrons. The Morgan fingerprint density at radius 1 is 0.943 bits per heavy atom. The summed E-state index contributed by atoms with van der Waals surface area (Å²) in [4.78, 5) is 39.2. The summed E-state index contributed by atoms with van der Waals surface area (Å²) in [6.45, 7) is -0.0409. The van der Waals surface area contributed by atoms with Crippen LogP contribution in [0.1, 0.15) is 21.5 Å². The topological polar surface area (TPSA) is 72.9 Å². The molecule has 0 aliphatic carbocycles. The van der Waals surface area contributed by atoms with Gasteiger partial charge in [-0.15, -0.1) is 0 Å². The molecule has 4 rings (SSSR count). The minimum absolute atomic E-state index is 0.0409. The molecular formula is C25H16Cl3NO5S. The Hall–Kier alpha value is -2.97. The van der Waals surface area contributed by atoms with Crippen molar-refractivity contribution >= 4 is 69.8 Å². The van der Waals surface area contributed by atoms with Crippen molar-refractivity contribution in [3.05, 3.63) is 97.3 Å². The molecule has 0 unspecified atom stereocenters. The highest BCUT2D eigenvalue weighted by Crippen LogP contribution is 2.37. The number of nitrogens with zero attached hydrogens (tertiary/aromatic N) is 1. The molecule has 3 aromatic rings. The highest BCUT2D eigenvalue weighted by molar-refractivity contribution is 8.18. The number of esters is 1. The van der Waals surface area contributed by atoms with Crippen LogP contribution in [0, 0.1) is 0 Å². The van der Waals surface area contributed by atoms with Gasteiger partial charge in [-0.05, 0) is 59.8 Å². The van der Waals surface area contributed by atoms with E-state index in [0.29, 0.717) is 21.2 Å². The number of carbonyl (C=O) groups excluding carboxylic acids is 3. The van der Waals surface area contributed by atoms with Crippen molar-refractivity contribution in [2.75, 3.05) is 7.11 Å². The highest BCUT2D eigenvalue weighted by Gasteiger charge is 2.35. The Bertz CT molecular complexity index is 1350. The molecule has 1 saturated heterocycles. The molecule has 6 nitrogen and oxygen atoms in total. The number of carbonyl (C=O) groups is 3. The van der Waals surface area contributed by atoms with Crippen molar-refractivity contribution in [2.24, 2.45) is 0 Å². The van der Waals surface area contributed by atoms with Gasteiger partial charge in [0.2, 0.25) is 0 Å². The van der Waals surface area contributed by atoms with Gasteiger partial charge in [0.05, 0.1) is 29.1 Å². The van der Waals surface area contributed by atoms with Gasteiger partial charge >= 0.3 is 5.97 Å². The SMILES string of the molecule is COc1cc(/C=C2\SC(=O)N(Cc3c(Cl)cccc3Cl)C2=O)ccc1OC(=O)c1ccccc1Cl. The molecule has 0 spiro atoms. The number of hydrogen-bond donors (Lipinski definition) is 0. The second-order valence-electron chi connectivity index (χ2n) is 7.25. The van der Waals surface area contributed by atoms with Crippen LogP contribution in [0.4, 0.5) is 4.79 Å². The lowest BCUT2D eigenvalue weighted by Gasteiger charge is -2.14. The van der Waals surface area contributed by atoms with E-state index in [1.807, 2.05) is 0 Å². The first-order valence-corrected chi connectivity index (χ1v) is 12.1. The molecule has 1 heterocycles. The van der Waals surface area contributed by atoms with E-state index in [-0.39, 0.29) is 33.5 Å². The highest BCUT2D eigenvalue weighted by atomic mass is 35.5. The molecule has 10 heteroatoms. The van der Waals surface area contributed by atoms with Crippen molar-refractivity contribution < 1.29 is 23.9 Å². The van der Waals surface area contributed by atoms with E-state index in [1.165, 1.54) is 13.2 Å². The van der Waals surface area contributed by atoms with Gasteiger partial charge in [0.1, 0.15) is 0 Å². The number of thioether (sulfide) groups is 1. The van der Waals surface area contributed by atoms with Gasteiger partial charge in [-0.25, -0.2) is 4.79 Å². The minimum Gasteiger partial charge on any atom is -0.493 e. The van der Waals surface area contributed by atoms with Gasteiger partial charge < -0.3 is 9.47 Å². The molecule has 3 aromatic carbocycles. The molecule has 0 saturated carbocycles. The first-order valence-electron chi connectivity index (χ1n) is 10.1. The van der Waals surface area contributed by atoms with Crippen molar-refractivity contribution in [1.82, 2.24) is 4.90 Å². The lowest BCUT2D eigenvalue weighted by Crippen LogP contribution is -2.27. The van der Waals surface area contributed by atoms with Crippen LogP contribution < -0.4 is 9.47 Å². The zero-order valence-corrected chi connectivity index (χ0v) is 21.2. The smallest absolute Gasteiger partial charge is 0.345 e. The van der Waals surface area contributed by atoms with E-state index in [2.05, 4.69) is 0 Å². The van der Waals surface area contributed by atoms with Gasteiger partial charge in [0.25, 0.3) is 11.1 Å². The second-order valence-corrected chi connectivity index (χ2v) is 9.46. The summed E-state index contributed by atoms with van der Waals surface area (Å²) in [5.41, 5.74) is 1.28. The Kier molecular flexibility index (Phi) is 7.72. The molecule has 1 aliphatic heterocycles. The van der Waals surface area contributed by atoms with Crippen LogP contribution in [-0.4, -0.2) is 29.1 Å². The second kappa shape index (κ2) is 10.7. The fourth-order valence-corrected chi connectivity index (χ4v) is 4.84. The maximum atomic E-state index is 12.9. The molecule has 178 valence electrons. The van der Waals surface area contributed by atoms with Crippen LogP contribution in [0.3, 0.4) is 0 Å². The van der Waals surface area contributed by atoms with Crippen molar-refractivity contribution in [3.8, 4) is 11.5 Å². The number of methoxy groups -OCH3 is 1. The molecule has 0 atom stereocenters. The zero-order valence-electron chi connectivity index (χ0n) is 18.1. The quantitative estimate of drug-likeness (QED) is 0.186. The maximum absolute atomic E-state index is 12.9. The van der Waals surface area contributed by atoms with Crippen molar-refractivity contribution in [3.63, 3.8) is 0 Å². The molecule has 0 aromatic heterocycles. The molecular weight excluding hydrogens is 533 g/mol. The first-order chi connectivity index (χ1) is 16.8. The molecule has 0 N–H and O–H groups in total. The normalized spacial score (nSPS) is 14.5. The average Bonchev–Trinajstić information content (AvgIpc) is 3.09. The van der Waals surface area contributed by atoms with E-state index in [0.717, 1.165) is 16.7 Å². The summed E-state index contributed by atoms with van der Waals surface area (Å²) in [5, 5.41) is 0.566. The third kappa shape index (κ3) is 5.49. The number of ether oxygens (including phenoxy) is 2. The predicted octanol–water partition coefficient (Wildman–Crippen LogP) is 7.11. The third-order valence-corrected chi connectivity index (χ3v) is 6.98. The first kappa shape index (κ1) is 25.1. The zero-order chi connectivity index (χ0) is 25.1. The lowest BCUT2D eigenvalue weighted by atomic mass is 10.1. The summed E-state index contributed by atoms with van der Waals surface area (Å²) in [6, 6.07) is 16.3. The molecule has 1 fully saturated rings. The van der Waals surface area contributed by atoms with E-state index in [1.54, 1.807) is 60.7 Å². The fraction of sp³-hybridized carbons (Fsp3) is 0.0800. The standard InChI is InChI=1S/C25H16Cl3NO5S/c1-33-21-11-14(9-10-20(21)34-24(31)15-5-2-3-6-17(15)26)12-22-23(30)29(25(32)35-22)13-16-18(27)7-4-8-19(16)28/h2-12H,13H2,1H3/b22-12-. The summed E-state index contributed by atoms with van der Waals surface area (Å²) in [6.07, 6.45) is 1.56. The van der Waals surface area contributed by atoms with E-state index < -0.39 is 17.1 Å². The summed E-state index contributed by atoms with van der Waals surface area (Å²) >= 11 is 19.2. The number of imide groups is 1. The average molecular weight is 549 g/mol. The maximum Gasteiger partial charge on any atom is 0.345 e. The number of benzene rings is 3. The van der Waals surface area contributed by atoms with Crippen LogP contribution >= 0.6 is 46.6 Å². The van der Waals surface area contributed by atoms with E-state index in [4.69, 9.17) is 44.3 Å². The fourth-order valence-electron chi connectivity index (χ4n) is 3.27. The van der Waals surface area contributed by atoms with Gasteiger partial charge in [-0.2, -0.15) is 0 Å². The van der Waals surface area contributed by atoms with Crippen molar-refractivity contribution in [1.29, 1.82) is 0 Å². The number of amides is 2. The van der Waals surface area contributed by atoms with Crippen LogP contribution in [-0.2, 0) is 11.3 Å². The number of halogens is 3. The number of hydrogen-bond acceptors (Lipinski definition) is 6. The molecule has 35 heavy (non-hydrogen) atoms. The minimum atomic E-state index is -0.638. The van der Waals surface area contributed by atoms with Crippen LogP contribution in [0.2, 0.25) is 15.1 Å². The van der Waals surface area contributed by atoms with Gasteiger partial charge in [-0.3, -0.25) is 14.5 Å². The predicted molar refractivity (Wildman–Crippen MR) is 137 cm³/mol. The molecule has 0 bridgehead atoms. The Morgan fingerprint density at radius 3 is 2.31 bits per heavy atom. The van der Waals surface area contributed by atoms with Crippen LogP contribution in [0.15, 0.2) is 65.6 Å². The molecule has 1 aliphatic rings. The lowest BCUT2D eigenvalue weighted by molar-refractivity contribution is -0.123. The summed E-state index contributed by atoms with van der Waals surface area (Å²) < 4.78 is 10.8. The third-order valence-electron chi connectivity index (χ3n) is 5.03. The van der Waals surface area contributed by atoms with Crippen molar-refractivity contribution in [2.45, 2.75) is 6.54 Å². The Morgan fingerprint density at radius 2 is 1.63 bits per heavy atom. The van der Waals surface area contributed by atoms with Crippen LogP contribution in [0.25, 0.3) is 6.08 Å². The van der Waals surface area contributed by atoms with Crippen LogP contribution in [0.5, 0.6) is 11.5 Å². The number of rotatable bonds is 6. The van der Waals surface area contributed by atoms with Gasteiger partial charge in [0.15, 0.2) is 11.5 Å².